The van der Waals surface area contributed by atoms with Gasteiger partial charge in [-0.05, 0) is 46.1 Å². The number of ether oxygens (including phenoxy) is 1. The first-order valence-corrected chi connectivity index (χ1v) is 10.8. The average molecular weight is 448 g/mol. The molecule has 1 saturated heterocycles. The van der Waals surface area contributed by atoms with E-state index in [9.17, 15) is 24.3 Å². The van der Waals surface area contributed by atoms with Crippen molar-refractivity contribution in [3.8, 4) is 0 Å². The summed E-state index contributed by atoms with van der Waals surface area (Å²) >= 11 is 0. The molecule has 0 aliphatic carbocycles. The zero-order valence-corrected chi connectivity index (χ0v) is 19.1. The first-order valence-electron chi connectivity index (χ1n) is 10.8. The van der Waals surface area contributed by atoms with E-state index < -0.39 is 29.7 Å². The predicted molar refractivity (Wildman–Crippen MR) is 118 cm³/mol. The van der Waals surface area contributed by atoms with Gasteiger partial charge in [0.15, 0.2) is 0 Å². The Bertz CT molecular complexity index is 813. The van der Waals surface area contributed by atoms with E-state index in [4.69, 9.17) is 4.74 Å². The number of nitrogens with zero attached hydrogens (tertiary/aromatic N) is 1. The first kappa shape index (κ1) is 25.2. The molecule has 1 aromatic rings. The number of aliphatic carboxylic acids is 1. The van der Waals surface area contributed by atoms with Crippen LogP contribution >= 0.6 is 0 Å². The predicted octanol–water partition coefficient (Wildman–Crippen LogP) is 1.95. The Morgan fingerprint density at radius 1 is 1.09 bits per heavy atom. The Morgan fingerprint density at radius 2 is 1.69 bits per heavy atom. The summed E-state index contributed by atoms with van der Waals surface area (Å²) in [6.07, 6.45) is 0.390. The van der Waals surface area contributed by atoms with Crippen LogP contribution in [0.4, 0.5) is 4.79 Å². The molecule has 1 aliphatic rings. The van der Waals surface area contributed by atoms with Crippen molar-refractivity contribution in [3.05, 3.63) is 35.9 Å². The van der Waals surface area contributed by atoms with Crippen molar-refractivity contribution in [1.29, 1.82) is 0 Å². The van der Waals surface area contributed by atoms with Gasteiger partial charge in [0, 0.05) is 25.4 Å². The van der Waals surface area contributed by atoms with Crippen molar-refractivity contribution in [1.82, 2.24) is 15.5 Å². The number of hydrogen-bond donors (Lipinski definition) is 3. The normalized spacial score (nSPS) is 16.6. The van der Waals surface area contributed by atoms with E-state index in [2.05, 4.69) is 10.6 Å². The van der Waals surface area contributed by atoms with Crippen LogP contribution in [0.5, 0.6) is 0 Å². The molecule has 9 heteroatoms. The molecular formula is C23H33N3O6. The Morgan fingerprint density at radius 3 is 2.22 bits per heavy atom. The summed E-state index contributed by atoms with van der Waals surface area (Å²) in [4.78, 5) is 50.3. The SMILES string of the molecule is C[C@H](NC(=O)OC(C)(C)C)C(=O)N1CCC(C(=O)N[C@@H](Cc2ccccc2)C(=O)O)CC1. The second kappa shape index (κ2) is 11.0. The molecule has 1 heterocycles. The largest absolute Gasteiger partial charge is 0.480 e. The van der Waals surface area contributed by atoms with E-state index in [0.717, 1.165) is 5.56 Å². The Balaban J connectivity index is 1.84. The van der Waals surface area contributed by atoms with E-state index in [1.165, 1.54) is 0 Å². The maximum atomic E-state index is 12.6. The number of rotatable bonds is 7. The van der Waals surface area contributed by atoms with Crippen molar-refractivity contribution in [2.24, 2.45) is 5.92 Å². The number of nitrogens with one attached hydrogen (secondary N) is 2. The van der Waals surface area contributed by atoms with Gasteiger partial charge in [0.05, 0.1) is 0 Å². The van der Waals surface area contributed by atoms with E-state index in [-0.39, 0.29) is 24.2 Å². The lowest BCUT2D eigenvalue weighted by Crippen LogP contribution is -2.52. The highest BCUT2D eigenvalue weighted by molar-refractivity contribution is 5.87. The molecule has 9 nitrogen and oxygen atoms in total. The topological polar surface area (TPSA) is 125 Å². The molecule has 0 bridgehead atoms. The number of carbonyl (C=O) groups is 4. The second-order valence-electron chi connectivity index (χ2n) is 9.06. The summed E-state index contributed by atoms with van der Waals surface area (Å²) < 4.78 is 5.17. The molecule has 176 valence electrons. The van der Waals surface area contributed by atoms with E-state index in [1.54, 1.807) is 32.6 Å². The summed E-state index contributed by atoms with van der Waals surface area (Å²) in [7, 11) is 0. The maximum Gasteiger partial charge on any atom is 0.408 e. The van der Waals surface area contributed by atoms with Gasteiger partial charge in [0.1, 0.15) is 17.7 Å². The van der Waals surface area contributed by atoms with Gasteiger partial charge in [0.25, 0.3) is 0 Å². The molecule has 0 spiro atoms. The zero-order chi connectivity index (χ0) is 23.9. The standard InChI is InChI=1S/C23H33N3O6/c1-15(24-22(31)32-23(2,3)4)20(28)26-12-10-17(11-13-26)19(27)25-18(21(29)30)14-16-8-6-5-7-9-16/h5-9,15,17-18H,10-14H2,1-4H3,(H,24,31)(H,25,27)(H,29,30)/t15-,18-/m0/s1. The minimum atomic E-state index is -1.09. The zero-order valence-electron chi connectivity index (χ0n) is 19.1. The summed E-state index contributed by atoms with van der Waals surface area (Å²) in [5, 5.41) is 14.7. The van der Waals surface area contributed by atoms with Crippen LogP contribution in [0.25, 0.3) is 0 Å². The van der Waals surface area contributed by atoms with Gasteiger partial charge in [-0.2, -0.15) is 0 Å². The second-order valence-corrected chi connectivity index (χ2v) is 9.06. The molecule has 0 radical (unpaired) electrons. The van der Waals surface area contributed by atoms with Crippen LogP contribution < -0.4 is 10.6 Å². The monoisotopic (exact) mass is 447 g/mol. The Labute approximate surface area is 188 Å². The molecule has 32 heavy (non-hydrogen) atoms. The van der Waals surface area contributed by atoms with Crippen LogP contribution in [0, 0.1) is 5.92 Å². The molecule has 1 fully saturated rings. The molecule has 3 amide bonds. The Kier molecular flexibility index (Phi) is 8.63. The number of carboxylic acids is 1. The summed E-state index contributed by atoms with van der Waals surface area (Å²) in [6, 6.07) is 7.36. The van der Waals surface area contributed by atoms with Crippen molar-refractivity contribution >= 4 is 23.9 Å². The van der Waals surface area contributed by atoms with E-state index in [0.29, 0.717) is 25.9 Å². The van der Waals surface area contributed by atoms with Crippen LogP contribution in [0.15, 0.2) is 30.3 Å². The Hall–Kier alpha value is -3.10. The number of likely N-dealkylation sites (tertiary alicyclic amines) is 1. The van der Waals surface area contributed by atoms with Gasteiger partial charge in [-0.1, -0.05) is 30.3 Å². The number of hydrogen-bond acceptors (Lipinski definition) is 5. The number of carbonyl (C=O) groups excluding carboxylic acids is 3. The van der Waals surface area contributed by atoms with Gasteiger partial charge in [0.2, 0.25) is 11.8 Å². The fourth-order valence-corrected chi connectivity index (χ4v) is 3.52. The van der Waals surface area contributed by atoms with Crippen molar-refractivity contribution in [2.45, 2.75) is 64.6 Å². The molecule has 1 aromatic carbocycles. The number of amides is 3. The summed E-state index contributed by atoms with van der Waals surface area (Å²) in [5.41, 5.74) is 0.166. The molecule has 3 N–H and O–H groups in total. The van der Waals surface area contributed by atoms with Crippen LogP contribution in [0.3, 0.4) is 0 Å². The van der Waals surface area contributed by atoms with Crippen molar-refractivity contribution in [3.63, 3.8) is 0 Å². The summed E-state index contributed by atoms with van der Waals surface area (Å²) in [6.45, 7) is 7.52. The molecule has 0 unspecified atom stereocenters. The first-order chi connectivity index (χ1) is 15.0. The number of piperidine rings is 1. The lowest BCUT2D eigenvalue weighted by atomic mass is 9.94. The number of benzene rings is 1. The highest BCUT2D eigenvalue weighted by atomic mass is 16.6. The van der Waals surface area contributed by atoms with Gasteiger partial charge < -0.3 is 25.4 Å². The van der Waals surface area contributed by atoms with Crippen LogP contribution in [0.2, 0.25) is 0 Å². The van der Waals surface area contributed by atoms with Gasteiger partial charge in [-0.3, -0.25) is 9.59 Å². The number of carboxylic acid groups (broad SMARTS) is 1. The molecule has 2 rings (SSSR count). The molecule has 0 aromatic heterocycles. The maximum absolute atomic E-state index is 12.6. The molecule has 0 saturated carbocycles. The van der Waals surface area contributed by atoms with E-state index >= 15 is 0 Å². The lowest BCUT2D eigenvalue weighted by molar-refractivity contribution is -0.143. The summed E-state index contributed by atoms with van der Waals surface area (Å²) in [5.74, 6) is -2.02. The van der Waals surface area contributed by atoms with Crippen molar-refractivity contribution in [2.75, 3.05) is 13.1 Å². The van der Waals surface area contributed by atoms with E-state index in [1.807, 2.05) is 30.3 Å². The quantitative estimate of drug-likeness (QED) is 0.587. The number of alkyl carbamates (subject to hydrolysis) is 1. The average Bonchev–Trinajstić information content (AvgIpc) is 2.72. The van der Waals surface area contributed by atoms with Gasteiger partial charge in [-0.25, -0.2) is 9.59 Å². The lowest BCUT2D eigenvalue weighted by Gasteiger charge is -2.33. The smallest absolute Gasteiger partial charge is 0.408 e. The third-order valence-corrected chi connectivity index (χ3v) is 5.18. The third kappa shape index (κ3) is 7.86. The highest BCUT2D eigenvalue weighted by Gasteiger charge is 2.32. The van der Waals surface area contributed by atoms with Gasteiger partial charge in [-0.15, -0.1) is 0 Å². The fraction of sp³-hybridized carbons (Fsp3) is 0.565. The third-order valence-electron chi connectivity index (χ3n) is 5.18. The van der Waals surface area contributed by atoms with Crippen LogP contribution in [0.1, 0.15) is 46.1 Å². The van der Waals surface area contributed by atoms with Crippen LogP contribution in [-0.4, -0.2) is 64.7 Å². The molecular weight excluding hydrogens is 414 g/mol. The molecule has 2 atom stereocenters. The minimum absolute atomic E-state index is 0.201. The highest BCUT2D eigenvalue weighted by Crippen LogP contribution is 2.19. The van der Waals surface area contributed by atoms with Gasteiger partial charge >= 0.3 is 12.1 Å². The van der Waals surface area contributed by atoms with Crippen LogP contribution in [-0.2, 0) is 25.5 Å². The fourth-order valence-electron chi connectivity index (χ4n) is 3.52. The van der Waals surface area contributed by atoms with Crippen molar-refractivity contribution < 1.29 is 29.0 Å². The molecule has 1 aliphatic heterocycles. The minimum Gasteiger partial charge on any atom is -0.480 e.